The van der Waals surface area contributed by atoms with Crippen LogP contribution in [0, 0.1) is 0 Å². The predicted molar refractivity (Wildman–Crippen MR) is 94.3 cm³/mol. The first-order valence-corrected chi connectivity index (χ1v) is 9.79. The maximum absolute atomic E-state index is 13.9. The number of thioether (sulfide) groups is 2. The van der Waals surface area contributed by atoms with E-state index >= 15 is 0 Å². The minimum atomic E-state index is -7.59. The molecule has 2 aromatic carbocycles. The zero-order valence-electron chi connectivity index (χ0n) is 15.1. The lowest BCUT2D eigenvalue weighted by Gasteiger charge is -2.40. The summed E-state index contributed by atoms with van der Waals surface area (Å²) in [6.45, 7) is 0. The van der Waals surface area contributed by atoms with Crippen LogP contribution in [0.3, 0.4) is 0 Å². The van der Waals surface area contributed by atoms with Crippen LogP contribution in [0.25, 0.3) is 0 Å². The molecule has 0 radical (unpaired) electrons. The smallest absolute Gasteiger partial charge is 0.192 e. The molecule has 0 nitrogen and oxygen atoms in total. The van der Waals surface area contributed by atoms with Gasteiger partial charge >= 0.3 is 34.2 Å². The van der Waals surface area contributed by atoms with Crippen LogP contribution in [0.2, 0.25) is 0 Å². The van der Waals surface area contributed by atoms with E-state index in [0.29, 0.717) is 0 Å². The molecule has 0 aromatic heterocycles. The van der Waals surface area contributed by atoms with E-state index < -0.39 is 67.5 Å². The number of halogens is 12. The quantitative estimate of drug-likeness (QED) is 0.242. The molecule has 32 heavy (non-hydrogen) atoms. The summed E-state index contributed by atoms with van der Waals surface area (Å²) in [6, 6.07) is 9.39. The van der Waals surface area contributed by atoms with Gasteiger partial charge in [0.1, 0.15) is 0 Å². The third kappa shape index (κ3) is 4.39. The van der Waals surface area contributed by atoms with Crippen molar-refractivity contribution in [1.82, 2.24) is 0 Å². The van der Waals surface area contributed by atoms with Crippen molar-refractivity contribution in [1.29, 1.82) is 0 Å². The van der Waals surface area contributed by atoms with Crippen molar-refractivity contribution in [3.8, 4) is 0 Å². The SMILES string of the molecule is FC(F)(Sc1ccccc1)C(F)(F)C(F)(F)C(F)(F)C(F)(F)C(F)(F)Sc1ccccc1. The molecule has 0 fully saturated rings. The molecule has 0 spiro atoms. The number of hydrogen-bond donors (Lipinski definition) is 0. The third-order valence-electron chi connectivity index (χ3n) is 3.89. The average Bonchev–Trinajstić information content (AvgIpc) is 2.68. The molecule has 2 rings (SSSR count). The highest BCUT2D eigenvalue weighted by molar-refractivity contribution is 8.00. The Balaban J connectivity index is 2.44. The van der Waals surface area contributed by atoms with Crippen LogP contribution in [0.5, 0.6) is 0 Å². The topological polar surface area (TPSA) is 0 Å². The first-order valence-electron chi connectivity index (χ1n) is 8.16. The van der Waals surface area contributed by atoms with E-state index in [4.69, 9.17) is 0 Å². The highest BCUT2D eigenvalue weighted by atomic mass is 32.2. The Morgan fingerprint density at radius 3 is 0.875 bits per heavy atom. The van der Waals surface area contributed by atoms with Gasteiger partial charge in [0.15, 0.2) is 0 Å². The van der Waals surface area contributed by atoms with Gasteiger partial charge in [0, 0.05) is 9.79 Å². The van der Waals surface area contributed by atoms with E-state index in [-0.39, 0.29) is 0 Å². The summed E-state index contributed by atoms with van der Waals surface area (Å²) in [5.41, 5.74) is 0. The summed E-state index contributed by atoms with van der Waals surface area (Å²) in [4.78, 5) is -1.60. The van der Waals surface area contributed by atoms with Crippen molar-refractivity contribution >= 4 is 23.5 Å². The van der Waals surface area contributed by atoms with Gasteiger partial charge in [-0.2, -0.15) is 52.7 Å². The third-order valence-corrected chi connectivity index (χ3v) is 5.93. The van der Waals surface area contributed by atoms with Crippen LogP contribution in [0.4, 0.5) is 52.7 Å². The van der Waals surface area contributed by atoms with E-state index in [2.05, 4.69) is 0 Å². The lowest BCUT2D eigenvalue weighted by Crippen LogP contribution is -2.69. The van der Waals surface area contributed by atoms with Crippen molar-refractivity contribution < 1.29 is 52.7 Å². The summed E-state index contributed by atoms with van der Waals surface area (Å²) in [5.74, 6) is -29.5. The van der Waals surface area contributed by atoms with Crippen LogP contribution in [-0.2, 0) is 0 Å². The molecular weight excluding hydrogens is 508 g/mol. The molecule has 2 aromatic rings. The Morgan fingerprint density at radius 2 is 0.625 bits per heavy atom. The summed E-state index contributed by atoms with van der Waals surface area (Å²) in [7, 11) is 0. The molecule has 0 amide bonds. The molecule has 0 N–H and O–H groups in total. The molecule has 0 saturated heterocycles. The van der Waals surface area contributed by atoms with Crippen molar-refractivity contribution in [2.45, 2.75) is 44.0 Å². The van der Waals surface area contributed by atoms with Crippen molar-refractivity contribution in [3.63, 3.8) is 0 Å². The molecular formula is C18H10F12S2. The Hall–Kier alpha value is -1.70. The highest BCUT2D eigenvalue weighted by Crippen LogP contribution is 2.64. The van der Waals surface area contributed by atoms with Crippen LogP contribution in [0.1, 0.15) is 0 Å². The van der Waals surface area contributed by atoms with Gasteiger partial charge in [-0.05, 0) is 47.8 Å². The van der Waals surface area contributed by atoms with E-state index in [1.54, 1.807) is 0 Å². The molecule has 0 bridgehead atoms. The average molecular weight is 518 g/mol. The van der Waals surface area contributed by atoms with E-state index in [1.165, 1.54) is 12.1 Å². The number of alkyl halides is 12. The molecule has 0 aliphatic heterocycles. The monoisotopic (exact) mass is 518 g/mol. The fourth-order valence-corrected chi connectivity index (χ4v) is 3.85. The Bertz CT molecular complexity index is 825. The second-order valence-corrected chi connectivity index (χ2v) is 8.54. The first kappa shape index (κ1) is 26.6. The summed E-state index contributed by atoms with van der Waals surface area (Å²) in [6.07, 6.45) is 0. The molecule has 14 heteroatoms. The zero-order chi connectivity index (χ0) is 24.6. The Labute approximate surface area is 181 Å². The van der Waals surface area contributed by atoms with Crippen LogP contribution < -0.4 is 0 Å². The van der Waals surface area contributed by atoms with Crippen LogP contribution >= 0.6 is 23.5 Å². The molecule has 0 aliphatic carbocycles. The lowest BCUT2D eigenvalue weighted by molar-refractivity contribution is -0.405. The highest BCUT2D eigenvalue weighted by Gasteiger charge is 2.90. The normalized spacial score (nSPS) is 14.5. The van der Waals surface area contributed by atoms with E-state index in [0.717, 1.165) is 48.5 Å². The maximum atomic E-state index is 13.9. The van der Waals surface area contributed by atoms with Gasteiger partial charge in [0.05, 0.1) is 0 Å². The second kappa shape index (κ2) is 8.58. The number of benzene rings is 2. The Kier molecular flexibility index (Phi) is 7.12. The first-order chi connectivity index (χ1) is 14.4. The molecule has 0 heterocycles. The summed E-state index contributed by atoms with van der Waals surface area (Å²) in [5, 5.41) is -12.2. The number of hydrogen-bond acceptors (Lipinski definition) is 2. The van der Waals surface area contributed by atoms with Crippen molar-refractivity contribution in [2.75, 3.05) is 0 Å². The lowest BCUT2D eigenvalue weighted by atomic mass is 9.98. The fraction of sp³-hybridized carbons (Fsp3) is 0.333. The van der Waals surface area contributed by atoms with E-state index in [9.17, 15) is 52.7 Å². The fourth-order valence-electron chi connectivity index (χ4n) is 2.16. The van der Waals surface area contributed by atoms with Gasteiger partial charge in [-0.25, -0.2) is 0 Å². The van der Waals surface area contributed by atoms with E-state index in [1.807, 2.05) is 0 Å². The van der Waals surface area contributed by atoms with Gasteiger partial charge in [-0.15, -0.1) is 0 Å². The predicted octanol–water partition coefficient (Wildman–Crippen LogP) is 8.30. The molecule has 0 unspecified atom stereocenters. The van der Waals surface area contributed by atoms with Gasteiger partial charge in [0.25, 0.3) is 0 Å². The van der Waals surface area contributed by atoms with Gasteiger partial charge < -0.3 is 0 Å². The minimum absolute atomic E-state index is 0.726. The van der Waals surface area contributed by atoms with Crippen LogP contribution in [-0.4, -0.2) is 34.2 Å². The van der Waals surface area contributed by atoms with Crippen molar-refractivity contribution in [3.05, 3.63) is 60.7 Å². The summed E-state index contributed by atoms with van der Waals surface area (Å²) < 4.78 is 167. The van der Waals surface area contributed by atoms with Gasteiger partial charge in [0.2, 0.25) is 0 Å². The largest absolute Gasteiger partial charge is 0.388 e. The standard InChI is InChI=1S/C18H10F12S2/c19-13(20,15(23,24)17(27,28)31-11-7-3-1-4-8-11)14(21,22)16(25,26)18(29,30)32-12-9-5-2-6-10-12/h1-10H. The molecule has 178 valence electrons. The zero-order valence-corrected chi connectivity index (χ0v) is 16.8. The number of rotatable bonds is 9. The van der Waals surface area contributed by atoms with Crippen LogP contribution in [0.15, 0.2) is 70.5 Å². The summed E-state index contributed by atoms with van der Waals surface area (Å²) >= 11 is -2.64. The molecule has 0 aliphatic rings. The van der Waals surface area contributed by atoms with Gasteiger partial charge in [-0.1, -0.05) is 36.4 Å². The maximum Gasteiger partial charge on any atom is 0.388 e. The molecule has 0 saturated carbocycles. The minimum Gasteiger partial charge on any atom is -0.192 e. The molecule has 0 atom stereocenters. The second-order valence-electron chi connectivity index (χ2n) is 6.16. The van der Waals surface area contributed by atoms with Gasteiger partial charge in [-0.3, -0.25) is 0 Å². The van der Waals surface area contributed by atoms with Crippen molar-refractivity contribution in [2.24, 2.45) is 0 Å². The Morgan fingerprint density at radius 1 is 0.375 bits per heavy atom.